The van der Waals surface area contributed by atoms with Crippen molar-refractivity contribution in [3.05, 3.63) is 21.9 Å². The van der Waals surface area contributed by atoms with E-state index in [1.54, 1.807) is 11.6 Å². The number of hydrogen-bond acceptors (Lipinski definition) is 4. The van der Waals surface area contributed by atoms with Crippen molar-refractivity contribution >= 4 is 11.0 Å². The number of aliphatic hydroxyl groups excluding tert-OH is 1. The van der Waals surface area contributed by atoms with Crippen LogP contribution in [0.15, 0.2) is 4.79 Å². The summed E-state index contributed by atoms with van der Waals surface area (Å²) >= 11 is 0. The maximum atomic E-state index is 11.6. The van der Waals surface area contributed by atoms with E-state index >= 15 is 0 Å². The topological polar surface area (TPSA) is 83.8 Å². The van der Waals surface area contributed by atoms with Gasteiger partial charge in [0.15, 0.2) is 5.65 Å². The number of nitrogens with one attached hydrogen (secondary N) is 1. The molecule has 80 valence electrons. The molecule has 0 aliphatic rings. The lowest BCUT2D eigenvalue weighted by Gasteiger charge is -1.97. The van der Waals surface area contributed by atoms with E-state index in [4.69, 9.17) is 5.11 Å². The Morgan fingerprint density at radius 3 is 2.87 bits per heavy atom. The number of nitrogens with zero attached hydrogens (tertiary/aromatic N) is 3. The Balaban J connectivity index is 2.91. The Labute approximate surface area is 85.6 Å². The molecule has 0 aliphatic heterocycles. The number of H-pyrrole nitrogens is 1. The molecule has 0 aromatic carbocycles. The molecule has 6 nitrogen and oxygen atoms in total. The first kappa shape index (κ1) is 9.85. The Morgan fingerprint density at radius 1 is 1.53 bits per heavy atom. The highest BCUT2D eigenvalue weighted by Gasteiger charge is 2.13. The minimum absolute atomic E-state index is 0.249. The summed E-state index contributed by atoms with van der Waals surface area (Å²) < 4.78 is 1.61. The predicted octanol–water partition coefficient (Wildman–Crippen LogP) is -0.0598. The fourth-order valence-corrected chi connectivity index (χ4v) is 1.59. The van der Waals surface area contributed by atoms with Crippen LogP contribution in [0.3, 0.4) is 0 Å². The summed E-state index contributed by atoms with van der Waals surface area (Å²) in [4.78, 5) is 18.5. The molecular formula is C9H12N4O2. The highest BCUT2D eigenvalue weighted by molar-refractivity contribution is 5.77. The molecule has 0 bridgehead atoms. The second-order valence-corrected chi connectivity index (χ2v) is 3.27. The molecule has 0 atom stereocenters. The summed E-state index contributed by atoms with van der Waals surface area (Å²) in [7, 11) is 0. The SMILES string of the molecule is CCn1nc(CO)c2c(=O)[nH]c(C)nc21. The predicted molar refractivity (Wildman–Crippen MR) is 54.5 cm³/mol. The molecule has 2 heterocycles. The van der Waals surface area contributed by atoms with Crippen molar-refractivity contribution in [2.75, 3.05) is 0 Å². The third-order valence-electron chi connectivity index (χ3n) is 2.24. The molecular weight excluding hydrogens is 196 g/mol. The largest absolute Gasteiger partial charge is 0.390 e. The van der Waals surface area contributed by atoms with Gasteiger partial charge in [-0.2, -0.15) is 5.10 Å². The maximum absolute atomic E-state index is 11.6. The van der Waals surface area contributed by atoms with Gasteiger partial charge in [0.25, 0.3) is 5.56 Å². The van der Waals surface area contributed by atoms with Gasteiger partial charge in [-0.1, -0.05) is 0 Å². The molecule has 0 saturated carbocycles. The third kappa shape index (κ3) is 1.42. The number of fused-ring (bicyclic) bond motifs is 1. The number of aromatic amines is 1. The number of hydrogen-bond donors (Lipinski definition) is 2. The first-order chi connectivity index (χ1) is 7.17. The van der Waals surface area contributed by atoms with Gasteiger partial charge in [-0.15, -0.1) is 0 Å². The van der Waals surface area contributed by atoms with E-state index in [0.29, 0.717) is 29.1 Å². The highest BCUT2D eigenvalue weighted by Crippen LogP contribution is 2.12. The Bertz CT molecular complexity index is 555. The molecule has 2 aromatic heterocycles. The standard InChI is InChI=1S/C9H12N4O2/c1-3-13-8-7(6(4-14)12-13)9(15)11-5(2)10-8/h14H,3-4H2,1-2H3,(H,10,11,15). The second kappa shape index (κ2) is 3.47. The van der Waals surface area contributed by atoms with Crippen LogP contribution in [0.4, 0.5) is 0 Å². The van der Waals surface area contributed by atoms with Gasteiger partial charge < -0.3 is 10.1 Å². The van der Waals surface area contributed by atoms with Crippen LogP contribution in [0, 0.1) is 6.92 Å². The van der Waals surface area contributed by atoms with Gasteiger partial charge in [0, 0.05) is 6.54 Å². The number of aliphatic hydroxyl groups is 1. The van der Waals surface area contributed by atoms with Gasteiger partial charge in [-0.3, -0.25) is 4.79 Å². The summed E-state index contributed by atoms with van der Waals surface area (Å²) in [5.41, 5.74) is 0.657. The molecule has 6 heteroatoms. The van der Waals surface area contributed by atoms with Crippen molar-refractivity contribution in [2.24, 2.45) is 0 Å². The first-order valence-electron chi connectivity index (χ1n) is 4.74. The monoisotopic (exact) mass is 208 g/mol. The van der Waals surface area contributed by atoms with Crippen LogP contribution in [0.1, 0.15) is 18.4 Å². The summed E-state index contributed by atoms with van der Waals surface area (Å²) in [6, 6.07) is 0. The minimum Gasteiger partial charge on any atom is -0.390 e. The molecule has 0 saturated heterocycles. The lowest BCUT2D eigenvalue weighted by Crippen LogP contribution is -2.11. The number of rotatable bonds is 2. The zero-order valence-corrected chi connectivity index (χ0v) is 8.61. The summed E-state index contributed by atoms with van der Waals surface area (Å²) in [5.74, 6) is 0.548. The molecule has 0 aliphatic carbocycles. The van der Waals surface area contributed by atoms with Crippen molar-refractivity contribution < 1.29 is 5.11 Å². The van der Waals surface area contributed by atoms with Crippen molar-refractivity contribution in [3.8, 4) is 0 Å². The van der Waals surface area contributed by atoms with Crippen LogP contribution in [-0.4, -0.2) is 24.9 Å². The zero-order chi connectivity index (χ0) is 11.0. The lowest BCUT2D eigenvalue weighted by atomic mass is 10.3. The smallest absolute Gasteiger partial charge is 0.262 e. The zero-order valence-electron chi connectivity index (χ0n) is 8.61. The average Bonchev–Trinajstić information content (AvgIpc) is 2.55. The number of aryl methyl sites for hydroxylation is 2. The summed E-state index contributed by atoms with van der Waals surface area (Å²) in [6.07, 6.45) is 0. The van der Waals surface area contributed by atoms with Crippen LogP contribution in [-0.2, 0) is 13.2 Å². The van der Waals surface area contributed by atoms with Crippen LogP contribution >= 0.6 is 0 Å². The van der Waals surface area contributed by atoms with Gasteiger partial charge in [0.1, 0.15) is 16.9 Å². The van der Waals surface area contributed by atoms with Crippen molar-refractivity contribution in [1.82, 2.24) is 19.7 Å². The van der Waals surface area contributed by atoms with Gasteiger partial charge in [-0.25, -0.2) is 9.67 Å². The maximum Gasteiger partial charge on any atom is 0.262 e. The highest BCUT2D eigenvalue weighted by atomic mass is 16.3. The summed E-state index contributed by atoms with van der Waals surface area (Å²) in [6.45, 7) is 3.99. The van der Waals surface area contributed by atoms with E-state index in [0.717, 1.165) is 0 Å². The molecule has 2 aromatic rings. The second-order valence-electron chi connectivity index (χ2n) is 3.27. The van der Waals surface area contributed by atoms with Gasteiger partial charge >= 0.3 is 0 Å². The Hall–Kier alpha value is -1.69. The van der Waals surface area contributed by atoms with Gasteiger partial charge in [0.2, 0.25) is 0 Å². The van der Waals surface area contributed by atoms with E-state index in [9.17, 15) is 4.79 Å². The molecule has 0 spiro atoms. The fraction of sp³-hybridized carbons (Fsp3) is 0.444. The molecule has 2 N–H and O–H groups in total. The van der Waals surface area contributed by atoms with Crippen LogP contribution in [0.5, 0.6) is 0 Å². The molecule has 2 rings (SSSR count). The van der Waals surface area contributed by atoms with Gasteiger partial charge in [0.05, 0.1) is 6.61 Å². The van der Waals surface area contributed by atoms with E-state index < -0.39 is 0 Å². The van der Waals surface area contributed by atoms with Crippen LogP contribution in [0.2, 0.25) is 0 Å². The van der Waals surface area contributed by atoms with Crippen molar-refractivity contribution in [2.45, 2.75) is 27.0 Å². The quantitative estimate of drug-likeness (QED) is 0.724. The minimum atomic E-state index is -0.253. The Kier molecular flexibility index (Phi) is 2.28. The van der Waals surface area contributed by atoms with E-state index in [1.807, 2.05) is 6.92 Å². The lowest BCUT2D eigenvalue weighted by molar-refractivity contribution is 0.276. The Morgan fingerprint density at radius 2 is 2.27 bits per heavy atom. The van der Waals surface area contributed by atoms with E-state index in [-0.39, 0.29) is 12.2 Å². The van der Waals surface area contributed by atoms with E-state index in [1.165, 1.54) is 0 Å². The first-order valence-corrected chi connectivity index (χ1v) is 4.74. The third-order valence-corrected chi connectivity index (χ3v) is 2.24. The summed E-state index contributed by atoms with van der Waals surface area (Å²) in [5, 5.41) is 13.6. The van der Waals surface area contributed by atoms with Crippen molar-refractivity contribution in [3.63, 3.8) is 0 Å². The van der Waals surface area contributed by atoms with Gasteiger partial charge in [-0.05, 0) is 13.8 Å². The molecule has 0 amide bonds. The fourth-order valence-electron chi connectivity index (χ4n) is 1.59. The number of aromatic nitrogens is 4. The van der Waals surface area contributed by atoms with Crippen LogP contribution < -0.4 is 5.56 Å². The molecule has 0 unspecified atom stereocenters. The average molecular weight is 208 g/mol. The molecule has 0 radical (unpaired) electrons. The molecule has 15 heavy (non-hydrogen) atoms. The van der Waals surface area contributed by atoms with E-state index in [2.05, 4.69) is 15.1 Å². The van der Waals surface area contributed by atoms with Crippen LogP contribution in [0.25, 0.3) is 11.0 Å². The normalized spacial score (nSPS) is 11.1. The van der Waals surface area contributed by atoms with Crippen molar-refractivity contribution in [1.29, 1.82) is 0 Å². The molecule has 0 fully saturated rings.